The topological polar surface area (TPSA) is 6.48 Å². The molecule has 3 aliphatic carbocycles. The third-order valence-electron chi connectivity index (χ3n) is 19.7. The fourth-order valence-electron chi connectivity index (χ4n) is 15.1. The highest BCUT2D eigenvalue weighted by molar-refractivity contribution is 7.00. The van der Waals surface area contributed by atoms with Crippen LogP contribution in [0.15, 0.2) is 127 Å². The molecule has 12 rings (SSSR count). The van der Waals surface area contributed by atoms with E-state index in [9.17, 15) is 0 Å². The van der Waals surface area contributed by atoms with Gasteiger partial charge >= 0.3 is 0 Å². The lowest BCUT2D eigenvalue weighted by Gasteiger charge is -2.48. The van der Waals surface area contributed by atoms with Gasteiger partial charge in [0.05, 0.1) is 5.69 Å². The van der Waals surface area contributed by atoms with E-state index in [0.29, 0.717) is 0 Å². The molecule has 0 N–H and O–H groups in total. The summed E-state index contributed by atoms with van der Waals surface area (Å²) < 4.78 is 26.8. The summed E-state index contributed by atoms with van der Waals surface area (Å²) in [5.74, 6) is 0. The van der Waals surface area contributed by atoms with Crippen LogP contribution in [0.2, 0.25) is 0 Å². The van der Waals surface area contributed by atoms with Crippen molar-refractivity contribution in [2.75, 3.05) is 9.80 Å². The average Bonchev–Trinajstić information content (AvgIpc) is 3.77. The van der Waals surface area contributed by atoms with Gasteiger partial charge in [-0.2, -0.15) is 0 Å². The summed E-state index contributed by atoms with van der Waals surface area (Å²) >= 11 is 0. The lowest BCUT2D eigenvalue weighted by molar-refractivity contribution is 0.332. The van der Waals surface area contributed by atoms with E-state index in [-0.39, 0.29) is 51.0 Å². The molecule has 0 bridgehead atoms. The third kappa shape index (κ3) is 7.24. The first-order chi connectivity index (χ1) is 35.9. The summed E-state index contributed by atoms with van der Waals surface area (Å²) in [6, 6.07) is 49.1. The molecule has 0 aromatic heterocycles. The van der Waals surface area contributed by atoms with E-state index < -0.39 is 6.85 Å². The van der Waals surface area contributed by atoms with E-state index in [4.69, 9.17) is 4.11 Å². The Hall–Kier alpha value is -5.80. The van der Waals surface area contributed by atoms with Gasteiger partial charge in [-0.15, -0.1) is 0 Å². The molecule has 0 saturated carbocycles. The Morgan fingerprint density at radius 1 is 0.459 bits per heavy atom. The number of anilines is 6. The summed E-state index contributed by atoms with van der Waals surface area (Å²) in [5, 5.41) is 0. The number of fused-ring (bicyclic) bond motifs is 7. The molecule has 7 aromatic rings. The molecule has 0 unspecified atom stereocenters. The van der Waals surface area contributed by atoms with E-state index in [1.54, 1.807) is 0 Å². The molecule has 2 heterocycles. The highest BCUT2D eigenvalue weighted by Gasteiger charge is 2.50. The van der Waals surface area contributed by atoms with Crippen molar-refractivity contribution >= 4 is 57.2 Å². The van der Waals surface area contributed by atoms with Gasteiger partial charge in [-0.05, 0) is 198 Å². The van der Waals surface area contributed by atoms with Gasteiger partial charge in [0, 0.05) is 43.5 Å². The van der Waals surface area contributed by atoms with Crippen molar-refractivity contribution in [1.29, 1.82) is 0 Å². The van der Waals surface area contributed by atoms with Gasteiger partial charge in [0.2, 0.25) is 0 Å². The van der Waals surface area contributed by atoms with Crippen LogP contribution in [0.25, 0.3) is 11.1 Å². The van der Waals surface area contributed by atoms with Gasteiger partial charge in [0.15, 0.2) is 0 Å². The van der Waals surface area contributed by atoms with Crippen LogP contribution in [-0.4, -0.2) is 6.71 Å². The number of nitrogens with zero attached hydrogens (tertiary/aromatic N) is 2. The van der Waals surface area contributed by atoms with E-state index in [2.05, 4.69) is 241 Å². The van der Waals surface area contributed by atoms with Crippen molar-refractivity contribution in [1.82, 2.24) is 0 Å². The van der Waals surface area contributed by atoms with Gasteiger partial charge in [0.25, 0.3) is 6.71 Å². The maximum absolute atomic E-state index is 8.93. The first-order valence-electron chi connectivity index (χ1n) is 29.5. The number of benzene rings is 7. The van der Waals surface area contributed by atoms with Crippen LogP contribution in [-0.2, 0) is 44.3 Å². The summed E-state index contributed by atoms with van der Waals surface area (Å²) in [5.41, 5.74) is 25.7. The zero-order valence-corrected chi connectivity index (χ0v) is 47.3. The Kier molecular flexibility index (Phi) is 9.93. The summed E-state index contributed by atoms with van der Waals surface area (Å²) in [6.45, 7) is 34.0. The van der Waals surface area contributed by atoms with E-state index in [1.165, 1.54) is 83.5 Å². The molecule has 2 aliphatic heterocycles. The monoisotopic (exact) mass is 976 g/mol. The minimum Gasteiger partial charge on any atom is -0.311 e. The predicted octanol–water partition coefficient (Wildman–Crippen LogP) is 17.3. The molecule has 0 fully saturated rings. The zero-order chi connectivity index (χ0) is 54.9. The van der Waals surface area contributed by atoms with E-state index >= 15 is 0 Å². The second-order valence-electron chi connectivity index (χ2n) is 28.0. The highest BCUT2D eigenvalue weighted by atomic mass is 15.2. The number of rotatable bonds is 6. The maximum atomic E-state index is 8.93. The van der Waals surface area contributed by atoms with Gasteiger partial charge in [-0.25, -0.2) is 0 Å². The number of hydrogen-bond donors (Lipinski definition) is 0. The molecule has 0 spiro atoms. The predicted molar refractivity (Wildman–Crippen MR) is 320 cm³/mol. The fraction of sp³-hybridized carbons (Fsp3) is 0.408. The molecular formula is C71H81BN2. The van der Waals surface area contributed by atoms with Crippen molar-refractivity contribution in [3.05, 3.63) is 183 Å². The van der Waals surface area contributed by atoms with Crippen molar-refractivity contribution in [2.24, 2.45) is 0 Å². The van der Waals surface area contributed by atoms with Gasteiger partial charge in [-0.1, -0.05) is 189 Å². The normalized spacial score (nSPS) is 20.5. The quantitative estimate of drug-likeness (QED) is 0.153. The minimum atomic E-state index is -2.20. The third-order valence-corrected chi connectivity index (χ3v) is 19.7. The smallest absolute Gasteiger partial charge is 0.252 e. The molecule has 7 aromatic carbocycles. The number of aryl methyl sites for hydroxylation is 2. The Balaban J connectivity index is 1.24. The van der Waals surface area contributed by atoms with Gasteiger partial charge < -0.3 is 9.80 Å². The van der Waals surface area contributed by atoms with Crippen molar-refractivity contribution < 1.29 is 4.11 Å². The second-order valence-corrected chi connectivity index (χ2v) is 28.0. The Bertz CT molecular complexity index is 3570. The molecule has 378 valence electrons. The minimum absolute atomic E-state index is 0.0224. The van der Waals surface area contributed by atoms with Crippen LogP contribution in [0.1, 0.15) is 196 Å². The summed E-state index contributed by atoms with van der Waals surface area (Å²) in [7, 11) is 0. The Labute approximate surface area is 450 Å². The summed E-state index contributed by atoms with van der Waals surface area (Å²) in [4.78, 5) is 5.20. The van der Waals surface area contributed by atoms with Gasteiger partial charge in [0.1, 0.15) is 0 Å². The number of hydrogen-bond acceptors (Lipinski definition) is 2. The first-order valence-corrected chi connectivity index (χ1v) is 28.0. The average molecular weight is 976 g/mol. The molecule has 0 atom stereocenters. The van der Waals surface area contributed by atoms with Crippen LogP contribution in [0.3, 0.4) is 0 Å². The zero-order valence-electron chi connectivity index (χ0n) is 50.3. The largest absolute Gasteiger partial charge is 0.311 e. The van der Waals surface area contributed by atoms with Crippen LogP contribution in [0.4, 0.5) is 34.1 Å². The Morgan fingerprint density at radius 2 is 0.905 bits per heavy atom. The van der Waals surface area contributed by atoms with Crippen molar-refractivity contribution in [3.63, 3.8) is 0 Å². The SMILES string of the molecule is [2H]C([2H])([2H])Cc1cc2c3c(c1)N(c1ccc(C(C)(C)c4ccccc4)cc1-c1ccccc1)c1cc4c(cc1B3c1cc3c(cc1N2c1cc2c(cc1C)C(C)(C)CCC2(C)C)C(C)(C)CC3(C)C)C(C)(C)CCC4(C)C. The van der Waals surface area contributed by atoms with Crippen LogP contribution >= 0.6 is 0 Å². The molecular weight excluding hydrogens is 892 g/mol. The molecule has 5 aliphatic rings. The maximum Gasteiger partial charge on any atom is 0.252 e. The molecule has 74 heavy (non-hydrogen) atoms. The fourth-order valence-corrected chi connectivity index (χ4v) is 15.1. The standard InChI is InChI=1S/C71H81BN2/c1-17-45-35-62-64-63(36-45)74(59-40-53-50(34-44(59)2)65(3,4)30-32-67(53,7)8)61-42-55-52(69(11,12)43-70(55,13)14)39-57(61)72(64)56-38-51-54(68(9,10)33-31-66(51,5)6)41-60(56)73(62)58-29-28-48(37-49(58)46-24-20-18-21-25-46)71(15,16)47-26-22-19-23-27-47/h18-29,34-42H,17,30-33,43H2,1-16H3/i1D3. The molecule has 0 saturated heterocycles. The molecule has 0 amide bonds. The van der Waals surface area contributed by atoms with Crippen molar-refractivity contribution in [2.45, 2.75) is 187 Å². The van der Waals surface area contributed by atoms with Crippen LogP contribution < -0.4 is 26.2 Å². The van der Waals surface area contributed by atoms with E-state index in [1.807, 2.05) is 0 Å². The van der Waals surface area contributed by atoms with Crippen molar-refractivity contribution in [3.8, 4) is 11.1 Å². The second kappa shape index (κ2) is 16.1. The molecule has 0 radical (unpaired) electrons. The van der Waals surface area contributed by atoms with Gasteiger partial charge in [-0.3, -0.25) is 0 Å². The van der Waals surface area contributed by atoms with E-state index in [0.717, 1.165) is 65.9 Å². The lowest BCUT2D eigenvalue weighted by Crippen LogP contribution is -2.62. The lowest BCUT2D eigenvalue weighted by atomic mass is 9.32. The van der Waals surface area contributed by atoms with Crippen LogP contribution in [0.5, 0.6) is 0 Å². The van der Waals surface area contributed by atoms with Crippen LogP contribution in [0, 0.1) is 6.92 Å². The highest BCUT2D eigenvalue weighted by Crippen LogP contribution is 2.56. The Morgan fingerprint density at radius 3 is 1.43 bits per heavy atom. The molecule has 2 nitrogen and oxygen atoms in total. The summed E-state index contributed by atoms with van der Waals surface area (Å²) in [6.07, 6.45) is 5.48. The molecule has 3 heteroatoms. The first kappa shape index (κ1) is 45.6.